The molecule has 2 amide bonds. The summed E-state index contributed by atoms with van der Waals surface area (Å²) < 4.78 is 11.1. The number of nitrogens with one attached hydrogen (secondary N) is 2. The van der Waals surface area contributed by atoms with E-state index in [0.29, 0.717) is 28.1 Å². The normalized spacial score (nSPS) is 15.5. The van der Waals surface area contributed by atoms with Gasteiger partial charge in [-0.3, -0.25) is 14.4 Å². The minimum Gasteiger partial charge on any atom is -0.479 e. The lowest BCUT2D eigenvalue weighted by Gasteiger charge is -2.23. The van der Waals surface area contributed by atoms with Gasteiger partial charge in [0.05, 0.1) is 11.1 Å². The fraction of sp³-hybridized carbons (Fsp3) is 0.190. The van der Waals surface area contributed by atoms with Crippen LogP contribution in [0.25, 0.3) is 11.0 Å². The number of fused-ring (bicyclic) bond motifs is 2. The lowest BCUT2D eigenvalue weighted by Crippen LogP contribution is -2.34. The number of ether oxygens (including phenoxy) is 1. The monoisotopic (exact) mass is 378 g/mol. The van der Waals surface area contributed by atoms with Crippen molar-refractivity contribution in [3.05, 3.63) is 63.5 Å². The van der Waals surface area contributed by atoms with E-state index in [4.69, 9.17) is 9.15 Å². The Hall–Kier alpha value is -3.61. The Bertz CT molecular complexity index is 1200. The van der Waals surface area contributed by atoms with Gasteiger partial charge in [-0.05, 0) is 62.2 Å². The van der Waals surface area contributed by atoms with E-state index >= 15 is 0 Å². The maximum atomic E-state index is 12.6. The third kappa shape index (κ3) is 3.11. The standard InChI is InChI=1S/C21H18N2O5/c1-10-6-14-16(24)9-19(28-18(14)7-11(10)2)21(26)22-13-4-5-17-15(8-13)23-20(25)12(3)27-17/h4-9,12H,1-3H3,(H,22,26)(H,23,25). The van der Waals surface area contributed by atoms with Crippen molar-refractivity contribution in [1.82, 2.24) is 0 Å². The number of benzene rings is 2. The van der Waals surface area contributed by atoms with Gasteiger partial charge in [0.1, 0.15) is 11.3 Å². The Morgan fingerprint density at radius 1 is 1.07 bits per heavy atom. The van der Waals surface area contributed by atoms with Crippen LogP contribution in [0.15, 0.2) is 45.6 Å². The SMILES string of the molecule is Cc1cc2oc(C(=O)Nc3ccc4c(c3)NC(=O)C(C)O4)cc(=O)c2cc1C. The molecule has 7 heteroatoms. The van der Waals surface area contributed by atoms with Gasteiger partial charge >= 0.3 is 0 Å². The fourth-order valence-corrected chi connectivity index (χ4v) is 3.00. The first kappa shape index (κ1) is 17.8. The maximum absolute atomic E-state index is 12.6. The summed E-state index contributed by atoms with van der Waals surface area (Å²) in [4.78, 5) is 36.7. The van der Waals surface area contributed by atoms with Crippen molar-refractivity contribution < 1.29 is 18.7 Å². The van der Waals surface area contributed by atoms with Crippen LogP contribution in [-0.4, -0.2) is 17.9 Å². The van der Waals surface area contributed by atoms with Crippen molar-refractivity contribution in [1.29, 1.82) is 0 Å². The highest BCUT2D eigenvalue weighted by Gasteiger charge is 2.24. The lowest BCUT2D eigenvalue weighted by molar-refractivity contribution is -0.122. The number of carbonyl (C=O) groups is 2. The van der Waals surface area contributed by atoms with Crippen molar-refractivity contribution in [2.45, 2.75) is 26.9 Å². The molecular weight excluding hydrogens is 360 g/mol. The minimum atomic E-state index is -0.577. The van der Waals surface area contributed by atoms with Crippen LogP contribution in [0.5, 0.6) is 5.75 Å². The number of carbonyl (C=O) groups excluding carboxylic acids is 2. The molecule has 0 spiro atoms. The molecule has 0 bridgehead atoms. The van der Waals surface area contributed by atoms with Crippen molar-refractivity contribution in [2.75, 3.05) is 10.6 Å². The van der Waals surface area contributed by atoms with Crippen molar-refractivity contribution in [2.24, 2.45) is 0 Å². The summed E-state index contributed by atoms with van der Waals surface area (Å²) in [6.45, 7) is 5.47. The molecule has 1 unspecified atom stereocenters. The van der Waals surface area contributed by atoms with E-state index in [1.165, 1.54) is 6.07 Å². The van der Waals surface area contributed by atoms with E-state index in [1.54, 1.807) is 37.3 Å². The number of hydrogen-bond acceptors (Lipinski definition) is 5. The molecule has 1 aromatic heterocycles. The van der Waals surface area contributed by atoms with Crippen LogP contribution in [0, 0.1) is 13.8 Å². The quantitative estimate of drug-likeness (QED) is 0.712. The Labute approximate surface area is 160 Å². The average molecular weight is 378 g/mol. The Kier molecular flexibility index (Phi) is 4.15. The molecule has 1 aliphatic rings. The first-order chi connectivity index (χ1) is 13.3. The summed E-state index contributed by atoms with van der Waals surface area (Å²) in [7, 11) is 0. The molecule has 0 fully saturated rings. The van der Waals surface area contributed by atoms with Gasteiger partial charge in [0, 0.05) is 11.8 Å². The number of anilines is 2. The second-order valence-corrected chi connectivity index (χ2v) is 6.82. The van der Waals surface area contributed by atoms with E-state index in [2.05, 4.69) is 10.6 Å². The predicted molar refractivity (Wildman–Crippen MR) is 105 cm³/mol. The first-order valence-corrected chi connectivity index (χ1v) is 8.80. The highest BCUT2D eigenvalue weighted by Crippen LogP contribution is 2.32. The molecule has 2 aromatic carbocycles. The topological polar surface area (TPSA) is 97.6 Å². The molecular formula is C21H18N2O5. The molecule has 1 aliphatic heterocycles. The second kappa shape index (κ2) is 6.53. The van der Waals surface area contributed by atoms with Crippen molar-refractivity contribution >= 4 is 34.2 Å². The zero-order chi connectivity index (χ0) is 20.0. The Morgan fingerprint density at radius 2 is 1.82 bits per heavy atom. The van der Waals surface area contributed by atoms with E-state index in [-0.39, 0.29) is 17.1 Å². The zero-order valence-corrected chi connectivity index (χ0v) is 15.6. The summed E-state index contributed by atoms with van der Waals surface area (Å²) in [5, 5.41) is 5.83. The van der Waals surface area contributed by atoms with E-state index in [1.807, 2.05) is 13.8 Å². The van der Waals surface area contributed by atoms with Gasteiger partial charge in [-0.2, -0.15) is 0 Å². The number of aryl methyl sites for hydroxylation is 2. The van der Waals surface area contributed by atoms with Crippen molar-refractivity contribution in [3.8, 4) is 5.75 Å². The summed E-state index contributed by atoms with van der Waals surface area (Å²) in [5.41, 5.74) is 2.92. The average Bonchev–Trinajstić information content (AvgIpc) is 2.64. The predicted octanol–water partition coefficient (Wildman–Crippen LogP) is 3.38. The molecule has 0 saturated heterocycles. The van der Waals surface area contributed by atoms with E-state index < -0.39 is 12.0 Å². The Balaban J connectivity index is 1.64. The van der Waals surface area contributed by atoms with Gasteiger partial charge in [0.25, 0.3) is 11.8 Å². The van der Waals surface area contributed by atoms with Crippen LogP contribution in [0.4, 0.5) is 11.4 Å². The van der Waals surface area contributed by atoms with Crippen LogP contribution < -0.4 is 20.8 Å². The second-order valence-electron chi connectivity index (χ2n) is 6.82. The molecule has 142 valence electrons. The van der Waals surface area contributed by atoms with Gasteiger partial charge in [0.15, 0.2) is 17.3 Å². The molecule has 28 heavy (non-hydrogen) atoms. The Morgan fingerprint density at radius 3 is 2.61 bits per heavy atom. The van der Waals surface area contributed by atoms with Crippen LogP contribution in [0.3, 0.4) is 0 Å². The molecule has 0 saturated carbocycles. The minimum absolute atomic E-state index is 0.0904. The van der Waals surface area contributed by atoms with E-state index in [0.717, 1.165) is 11.1 Å². The molecule has 0 radical (unpaired) electrons. The molecule has 4 rings (SSSR count). The highest BCUT2D eigenvalue weighted by atomic mass is 16.5. The zero-order valence-electron chi connectivity index (χ0n) is 15.6. The van der Waals surface area contributed by atoms with Crippen LogP contribution in [-0.2, 0) is 4.79 Å². The van der Waals surface area contributed by atoms with Gasteiger partial charge in [0.2, 0.25) is 0 Å². The largest absolute Gasteiger partial charge is 0.479 e. The van der Waals surface area contributed by atoms with E-state index in [9.17, 15) is 14.4 Å². The molecule has 3 aromatic rings. The first-order valence-electron chi connectivity index (χ1n) is 8.80. The summed E-state index contributed by atoms with van der Waals surface area (Å²) in [6.07, 6.45) is -0.577. The maximum Gasteiger partial charge on any atom is 0.291 e. The van der Waals surface area contributed by atoms with Crippen LogP contribution >= 0.6 is 0 Å². The third-order valence-corrected chi connectivity index (χ3v) is 4.74. The number of hydrogen-bond donors (Lipinski definition) is 2. The van der Waals surface area contributed by atoms with Gasteiger partial charge in [-0.15, -0.1) is 0 Å². The molecule has 2 heterocycles. The summed E-state index contributed by atoms with van der Waals surface area (Å²) in [6, 6.07) is 9.57. The van der Waals surface area contributed by atoms with Crippen LogP contribution in [0.2, 0.25) is 0 Å². The lowest BCUT2D eigenvalue weighted by atomic mass is 10.1. The summed E-state index contributed by atoms with van der Waals surface area (Å²) >= 11 is 0. The molecule has 0 aliphatic carbocycles. The fourth-order valence-electron chi connectivity index (χ4n) is 3.00. The number of rotatable bonds is 2. The molecule has 7 nitrogen and oxygen atoms in total. The third-order valence-electron chi connectivity index (χ3n) is 4.74. The van der Waals surface area contributed by atoms with Gasteiger partial charge < -0.3 is 19.8 Å². The van der Waals surface area contributed by atoms with Crippen LogP contribution in [0.1, 0.15) is 28.6 Å². The van der Waals surface area contributed by atoms with Gasteiger partial charge in [-0.25, -0.2) is 0 Å². The molecule has 2 N–H and O–H groups in total. The van der Waals surface area contributed by atoms with Gasteiger partial charge in [-0.1, -0.05) is 0 Å². The smallest absolute Gasteiger partial charge is 0.291 e. The number of amides is 2. The highest BCUT2D eigenvalue weighted by molar-refractivity contribution is 6.04. The summed E-state index contributed by atoms with van der Waals surface area (Å²) in [5.74, 6) is -0.392. The molecule has 1 atom stereocenters. The van der Waals surface area contributed by atoms with Crippen molar-refractivity contribution in [3.63, 3.8) is 0 Å².